The molecule has 0 fully saturated rings. The molecule has 0 aromatic carbocycles. The lowest BCUT2D eigenvalue weighted by Gasteiger charge is -2.14. The van der Waals surface area contributed by atoms with Gasteiger partial charge < -0.3 is 20.5 Å². The minimum Gasteiger partial charge on any atom is -0.393 e. The number of aromatic nitrogens is 2. The molecule has 1 aromatic rings. The summed E-state index contributed by atoms with van der Waals surface area (Å²) in [6.45, 7) is 3.33. The molecule has 2 atom stereocenters. The zero-order chi connectivity index (χ0) is 13.7. The van der Waals surface area contributed by atoms with Crippen molar-refractivity contribution in [3.05, 3.63) is 22.4 Å². The molecule has 0 spiro atoms. The van der Waals surface area contributed by atoms with E-state index in [2.05, 4.69) is 10.4 Å². The number of nitrogens with one attached hydrogen (secondary N) is 1. The van der Waals surface area contributed by atoms with Gasteiger partial charge in [0.05, 0.1) is 23.5 Å². The summed E-state index contributed by atoms with van der Waals surface area (Å²) in [4.78, 5) is 21.3. The maximum atomic E-state index is 11.6. The zero-order valence-corrected chi connectivity index (χ0v) is 10.2. The molecule has 8 heteroatoms. The van der Waals surface area contributed by atoms with Crippen LogP contribution in [-0.2, 0) is 11.3 Å². The molecular formula is C10H16N4O4. The Morgan fingerprint density at radius 1 is 1.67 bits per heavy atom. The van der Waals surface area contributed by atoms with Crippen LogP contribution < -0.4 is 5.32 Å². The molecule has 18 heavy (non-hydrogen) atoms. The van der Waals surface area contributed by atoms with Gasteiger partial charge >= 0.3 is 5.82 Å². The minimum absolute atomic E-state index is 0.0853. The van der Waals surface area contributed by atoms with E-state index in [1.807, 2.05) is 0 Å². The Balaban J connectivity index is 2.46. The molecule has 0 saturated carbocycles. The fraction of sp³-hybridized carbons (Fsp3) is 0.600. The van der Waals surface area contributed by atoms with Crippen molar-refractivity contribution in [2.45, 2.75) is 39.0 Å². The van der Waals surface area contributed by atoms with Crippen LogP contribution in [0.4, 0.5) is 5.82 Å². The lowest BCUT2D eigenvalue weighted by atomic mass is 10.1. The Bertz CT molecular complexity index is 429. The van der Waals surface area contributed by atoms with Gasteiger partial charge in [0.25, 0.3) is 0 Å². The maximum absolute atomic E-state index is 11.6. The first-order valence-corrected chi connectivity index (χ1v) is 5.53. The summed E-state index contributed by atoms with van der Waals surface area (Å²) in [6.07, 6.45) is 1.33. The molecule has 2 unspecified atom stereocenters. The molecule has 2 N–H and O–H groups in total. The lowest BCUT2D eigenvalue weighted by Crippen LogP contribution is -2.36. The van der Waals surface area contributed by atoms with Crippen molar-refractivity contribution in [1.29, 1.82) is 0 Å². The number of hydrogen-bond donors (Lipinski definition) is 2. The fourth-order valence-corrected chi connectivity index (χ4v) is 1.57. The van der Waals surface area contributed by atoms with Gasteiger partial charge in [0.15, 0.2) is 0 Å². The van der Waals surface area contributed by atoms with Crippen LogP contribution >= 0.6 is 0 Å². The van der Waals surface area contributed by atoms with Gasteiger partial charge in [-0.1, -0.05) is 0 Å². The first-order chi connectivity index (χ1) is 8.38. The van der Waals surface area contributed by atoms with Crippen LogP contribution in [0.5, 0.6) is 0 Å². The van der Waals surface area contributed by atoms with Crippen LogP contribution in [0.3, 0.4) is 0 Å². The van der Waals surface area contributed by atoms with Crippen molar-refractivity contribution in [3.8, 4) is 0 Å². The summed E-state index contributed by atoms with van der Waals surface area (Å²) >= 11 is 0. The average molecular weight is 256 g/mol. The molecule has 0 aliphatic rings. The average Bonchev–Trinajstić information content (AvgIpc) is 2.63. The van der Waals surface area contributed by atoms with Crippen molar-refractivity contribution < 1.29 is 14.8 Å². The molecule has 1 amide bonds. The molecule has 100 valence electrons. The van der Waals surface area contributed by atoms with Crippen LogP contribution in [0.15, 0.2) is 12.3 Å². The summed E-state index contributed by atoms with van der Waals surface area (Å²) in [7, 11) is 0. The smallest absolute Gasteiger partial charge is 0.389 e. The highest BCUT2D eigenvalue weighted by Gasteiger charge is 2.15. The van der Waals surface area contributed by atoms with E-state index in [1.54, 1.807) is 13.8 Å². The van der Waals surface area contributed by atoms with Gasteiger partial charge in [-0.05, 0) is 25.2 Å². The maximum Gasteiger partial charge on any atom is 0.389 e. The number of hydrogen-bond acceptors (Lipinski definition) is 5. The van der Waals surface area contributed by atoms with Gasteiger partial charge in [0, 0.05) is 6.04 Å². The van der Waals surface area contributed by atoms with Crippen LogP contribution in [0.25, 0.3) is 0 Å². The lowest BCUT2D eigenvalue weighted by molar-refractivity contribution is -0.389. The van der Waals surface area contributed by atoms with Gasteiger partial charge in [0.2, 0.25) is 5.91 Å². The van der Waals surface area contributed by atoms with E-state index in [-0.39, 0.29) is 24.3 Å². The van der Waals surface area contributed by atoms with E-state index in [4.69, 9.17) is 5.11 Å². The number of carbonyl (C=O) groups is 1. The summed E-state index contributed by atoms with van der Waals surface area (Å²) < 4.78 is 1.20. The van der Waals surface area contributed by atoms with Gasteiger partial charge in [-0.15, -0.1) is 0 Å². The quantitative estimate of drug-likeness (QED) is 0.552. The minimum atomic E-state index is -0.621. The number of nitrogens with zero attached hydrogens (tertiary/aromatic N) is 3. The first-order valence-electron chi connectivity index (χ1n) is 5.53. The van der Waals surface area contributed by atoms with Crippen LogP contribution in [-0.4, -0.2) is 37.9 Å². The van der Waals surface area contributed by atoms with Crippen LogP contribution in [0, 0.1) is 10.1 Å². The Morgan fingerprint density at radius 3 is 2.83 bits per heavy atom. The number of carbonyl (C=O) groups excluding carboxylic acids is 1. The van der Waals surface area contributed by atoms with E-state index < -0.39 is 11.0 Å². The third kappa shape index (κ3) is 4.50. The Morgan fingerprint density at radius 2 is 2.33 bits per heavy atom. The second kappa shape index (κ2) is 6.10. The van der Waals surface area contributed by atoms with Crippen molar-refractivity contribution in [3.63, 3.8) is 0 Å². The van der Waals surface area contributed by atoms with Crippen molar-refractivity contribution in [2.75, 3.05) is 0 Å². The van der Waals surface area contributed by atoms with Crippen molar-refractivity contribution in [1.82, 2.24) is 15.1 Å². The first kappa shape index (κ1) is 14.1. The van der Waals surface area contributed by atoms with E-state index in [1.165, 1.54) is 16.9 Å². The number of amides is 1. The molecule has 0 aliphatic carbocycles. The third-order valence-corrected chi connectivity index (χ3v) is 2.22. The van der Waals surface area contributed by atoms with Gasteiger partial charge in [-0.3, -0.25) is 4.79 Å². The second-order valence-electron chi connectivity index (χ2n) is 4.18. The van der Waals surface area contributed by atoms with Crippen LogP contribution in [0.2, 0.25) is 0 Å². The van der Waals surface area contributed by atoms with E-state index >= 15 is 0 Å². The molecule has 0 bridgehead atoms. The molecule has 1 aromatic heterocycles. The summed E-state index contributed by atoms with van der Waals surface area (Å²) in [5, 5.41) is 25.8. The summed E-state index contributed by atoms with van der Waals surface area (Å²) in [6, 6.07) is 1.06. The van der Waals surface area contributed by atoms with E-state index in [0.29, 0.717) is 6.42 Å². The van der Waals surface area contributed by atoms with E-state index in [0.717, 1.165) is 0 Å². The molecule has 0 radical (unpaired) electrons. The zero-order valence-electron chi connectivity index (χ0n) is 10.2. The standard InChI is InChI=1S/C10H16N4O4/c1-7(5-8(2)15)11-10(16)6-13-4-3-9(12-13)14(17)18/h3-4,7-8,15H,5-6H2,1-2H3,(H,11,16). The number of nitro groups is 1. The molecule has 1 rings (SSSR count). The largest absolute Gasteiger partial charge is 0.393 e. The summed E-state index contributed by atoms with van der Waals surface area (Å²) in [5.74, 6) is -0.596. The summed E-state index contributed by atoms with van der Waals surface area (Å²) in [5.41, 5.74) is 0. The monoisotopic (exact) mass is 256 g/mol. The second-order valence-corrected chi connectivity index (χ2v) is 4.18. The number of aliphatic hydroxyl groups excluding tert-OH is 1. The van der Waals surface area contributed by atoms with Gasteiger partial charge in [0.1, 0.15) is 6.54 Å². The van der Waals surface area contributed by atoms with Gasteiger partial charge in [-0.2, -0.15) is 4.68 Å². The Labute approximate surface area is 104 Å². The highest BCUT2D eigenvalue weighted by Crippen LogP contribution is 2.05. The Hall–Kier alpha value is -1.96. The fourth-order valence-electron chi connectivity index (χ4n) is 1.57. The SMILES string of the molecule is CC(O)CC(C)NC(=O)Cn1ccc([N+](=O)[O-])n1. The van der Waals surface area contributed by atoms with Gasteiger partial charge in [-0.25, -0.2) is 0 Å². The van der Waals surface area contributed by atoms with Crippen LogP contribution in [0.1, 0.15) is 20.3 Å². The predicted molar refractivity (Wildman–Crippen MR) is 62.8 cm³/mol. The molecule has 0 aliphatic heterocycles. The third-order valence-electron chi connectivity index (χ3n) is 2.22. The molecule has 0 saturated heterocycles. The highest BCUT2D eigenvalue weighted by atomic mass is 16.6. The highest BCUT2D eigenvalue weighted by molar-refractivity contribution is 5.75. The number of rotatable bonds is 6. The normalized spacial score (nSPS) is 13.9. The predicted octanol–water partition coefficient (Wildman–Crippen LogP) is 0.0669. The van der Waals surface area contributed by atoms with E-state index in [9.17, 15) is 14.9 Å². The molecular weight excluding hydrogens is 240 g/mol. The van der Waals surface area contributed by atoms with Crippen molar-refractivity contribution >= 4 is 11.7 Å². The van der Waals surface area contributed by atoms with Crippen molar-refractivity contribution in [2.24, 2.45) is 0 Å². The molecule has 8 nitrogen and oxygen atoms in total. The Kier molecular flexibility index (Phi) is 4.78. The number of aliphatic hydroxyl groups is 1. The topological polar surface area (TPSA) is 110 Å². The molecule has 1 heterocycles.